The number of H-pyrrole nitrogens is 1. The number of aromatic nitrogens is 3. The lowest BCUT2D eigenvalue weighted by molar-refractivity contribution is -0.131. The minimum atomic E-state index is -0.992. The Morgan fingerprint density at radius 1 is 1.15 bits per heavy atom. The number of benzene rings is 2. The molecule has 6 nitrogen and oxygen atoms in total. The molecule has 0 amide bonds. The summed E-state index contributed by atoms with van der Waals surface area (Å²) in [4.78, 5) is 15.7. The third-order valence-electron chi connectivity index (χ3n) is 7.65. The molecule has 7 heteroatoms. The lowest BCUT2D eigenvalue weighted by Crippen LogP contribution is -2.17. The highest BCUT2D eigenvalue weighted by Crippen LogP contribution is 2.46. The van der Waals surface area contributed by atoms with Crippen LogP contribution in [0.25, 0.3) is 28.1 Å². The number of aryl methyl sites for hydroxylation is 1. The average molecular weight is 540 g/mol. The van der Waals surface area contributed by atoms with E-state index in [1.165, 1.54) is 11.1 Å². The highest BCUT2D eigenvalue weighted by atomic mass is 19.1. The van der Waals surface area contributed by atoms with Gasteiger partial charge in [0.2, 0.25) is 11.8 Å². The second kappa shape index (κ2) is 11.9. The zero-order valence-electron chi connectivity index (χ0n) is 23.1. The summed E-state index contributed by atoms with van der Waals surface area (Å²) in [6.07, 6.45) is 9.85. The normalized spacial score (nSPS) is 14.5. The summed E-state index contributed by atoms with van der Waals surface area (Å²) in [5, 5.41) is 16.0. The number of carboxylic acids is 1. The van der Waals surface area contributed by atoms with Gasteiger partial charge in [0.25, 0.3) is 0 Å². The molecule has 1 aliphatic rings. The van der Waals surface area contributed by atoms with E-state index in [1.54, 1.807) is 13.2 Å². The molecule has 0 radical (unpaired) electrons. The van der Waals surface area contributed by atoms with Crippen molar-refractivity contribution in [2.24, 2.45) is 11.8 Å². The molecule has 2 aromatic carbocycles. The summed E-state index contributed by atoms with van der Waals surface area (Å²) < 4.78 is 20.2. The molecule has 0 saturated heterocycles. The average Bonchev–Trinajstić information content (AvgIpc) is 3.29. The van der Waals surface area contributed by atoms with Crippen molar-refractivity contribution in [3.63, 3.8) is 0 Å². The highest BCUT2D eigenvalue weighted by Gasteiger charge is 2.29. The van der Waals surface area contributed by atoms with Crippen LogP contribution in [0.3, 0.4) is 0 Å². The summed E-state index contributed by atoms with van der Waals surface area (Å²) in [7, 11) is 1.64. The molecule has 206 valence electrons. The molecule has 1 saturated carbocycles. The van der Waals surface area contributed by atoms with E-state index in [0.717, 1.165) is 66.0 Å². The van der Waals surface area contributed by atoms with Gasteiger partial charge in [0.05, 0.1) is 18.0 Å². The van der Waals surface area contributed by atoms with Crippen LogP contribution in [0.15, 0.2) is 60.8 Å². The minimum absolute atomic E-state index is 0.333. The Kier molecular flexibility index (Phi) is 8.10. The van der Waals surface area contributed by atoms with Gasteiger partial charge in [0.15, 0.2) is 0 Å². The first-order valence-corrected chi connectivity index (χ1v) is 13.8. The quantitative estimate of drug-likeness (QED) is 0.203. The Bertz CT molecular complexity index is 1580. The number of allylic oxidation sites excluding steroid dienone is 1. The zero-order valence-corrected chi connectivity index (χ0v) is 23.1. The predicted octanol–water partition coefficient (Wildman–Crippen LogP) is 7.55. The third kappa shape index (κ3) is 5.83. The minimum Gasteiger partial charge on any atom is -0.481 e. The van der Waals surface area contributed by atoms with Gasteiger partial charge in [-0.05, 0) is 89.1 Å². The Balaban J connectivity index is 1.76. The van der Waals surface area contributed by atoms with Gasteiger partial charge in [0, 0.05) is 23.9 Å². The van der Waals surface area contributed by atoms with E-state index in [2.05, 4.69) is 29.0 Å². The number of aromatic amines is 1. The van der Waals surface area contributed by atoms with Gasteiger partial charge >= 0.3 is 5.97 Å². The fraction of sp³-hybridized carbons (Fsp3) is 0.303. The molecular weight excluding hydrogens is 505 g/mol. The molecule has 5 rings (SSSR count). The molecule has 0 unspecified atom stereocenters. The summed E-state index contributed by atoms with van der Waals surface area (Å²) in [6.45, 7) is 4.45. The number of ether oxygens (including phenoxy) is 1. The number of fused-ring (bicyclic) bond motifs is 1. The van der Waals surface area contributed by atoms with Gasteiger partial charge in [-0.15, -0.1) is 0 Å². The Morgan fingerprint density at radius 3 is 2.55 bits per heavy atom. The van der Waals surface area contributed by atoms with Crippen LogP contribution in [-0.2, 0) is 11.2 Å². The monoisotopic (exact) mass is 539 g/mol. The predicted molar refractivity (Wildman–Crippen MR) is 156 cm³/mol. The molecule has 40 heavy (non-hydrogen) atoms. The van der Waals surface area contributed by atoms with Crippen molar-refractivity contribution >= 4 is 34.1 Å². The number of nitrogens with zero attached hydrogens (tertiary/aromatic N) is 2. The fourth-order valence-electron chi connectivity index (χ4n) is 5.28. The Labute approximate surface area is 233 Å². The molecule has 0 bridgehead atoms. The van der Waals surface area contributed by atoms with Crippen LogP contribution in [0.2, 0.25) is 0 Å². The molecule has 2 N–H and O–H groups in total. The lowest BCUT2D eigenvalue weighted by atomic mass is 9.72. The maximum absolute atomic E-state index is 14.7. The smallest absolute Gasteiger partial charge is 0.328 e. The van der Waals surface area contributed by atoms with Crippen LogP contribution in [0.5, 0.6) is 5.88 Å². The number of hydrogen-bond acceptors (Lipinski definition) is 4. The number of hydrogen-bond donors (Lipinski definition) is 2. The van der Waals surface area contributed by atoms with E-state index < -0.39 is 11.9 Å². The van der Waals surface area contributed by atoms with Crippen molar-refractivity contribution < 1.29 is 19.0 Å². The van der Waals surface area contributed by atoms with Crippen molar-refractivity contribution in [3.8, 4) is 5.88 Å². The van der Waals surface area contributed by atoms with Gasteiger partial charge in [-0.1, -0.05) is 50.6 Å². The molecule has 2 aromatic heterocycles. The fourth-order valence-corrected chi connectivity index (χ4v) is 5.28. The second-order valence-corrected chi connectivity index (χ2v) is 10.8. The molecule has 2 heterocycles. The first kappa shape index (κ1) is 27.3. The number of rotatable bonds is 10. The van der Waals surface area contributed by atoms with Crippen molar-refractivity contribution in [1.29, 1.82) is 0 Å². The first-order chi connectivity index (χ1) is 19.3. The van der Waals surface area contributed by atoms with E-state index in [9.17, 15) is 9.18 Å². The number of pyridine rings is 1. The standard InChI is InChI=1S/C33H34FN3O3/c1-20(2)7-11-24-18-29(40-3)35-19-27(24)32(22-5-4-6-22)31(23-12-8-21(9-13-23)10-16-30(38)39)25-14-15-28-26(17-25)33(34)37-36-28/h8-10,12-20,22H,4-7,11H2,1-3H3,(H,36,37)(H,38,39)/b16-10+,32-31+. The van der Waals surface area contributed by atoms with Crippen LogP contribution in [0, 0.1) is 17.8 Å². The van der Waals surface area contributed by atoms with Gasteiger partial charge < -0.3 is 9.84 Å². The van der Waals surface area contributed by atoms with Crippen LogP contribution in [0.1, 0.15) is 67.3 Å². The maximum Gasteiger partial charge on any atom is 0.328 e. The zero-order chi connectivity index (χ0) is 28.2. The van der Waals surface area contributed by atoms with Gasteiger partial charge in [-0.25, -0.2) is 9.78 Å². The number of methoxy groups -OCH3 is 1. The molecule has 0 atom stereocenters. The second-order valence-electron chi connectivity index (χ2n) is 10.8. The van der Waals surface area contributed by atoms with E-state index in [4.69, 9.17) is 9.84 Å². The third-order valence-corrected chi connectivity index (χ3v) is 7.65. The number of carboxylic acid groups (broad SMARTS) is 1. The Hall–Kier alpha value is -4.26. The number of nitrogens with one attached hydrogen (secondary N) is 1. The molecule has 1 fully saturated rings. The van der Waals surface area contributed by atoms with E-state index in [0.29, 0.717) is 28.6 Å². The van der Waals surface area contributed by atoms with Crippen molar-refractivity contribution in [3.05, 3.63) is 94.6 Å². The number of carbonyl (C=O) groups is 1. The van der Waals surface area contributed by atoms with Crippen molar-refractivity contribution in [2.75, 3.05) is 7.11 Å². The number of halogens is 1. The Morgan fingerprint density at radius 2 is 1.90 bits per heavy atom. The molecule has 1 aliphatic carbocycles. The van der Waals surface area contributed by atoms with Crippen LogP contribution >= 0.6 is 0 Å². The van der Waals surface area contributed by atoms with E-state index in [1.807, 2.05) is 54.7 Å². The lowest BCUT2D eigenvalue weighted by Gasteiger charge is -2.32. The van der Waals surface area contributed by atoms with Crippen molar-refractivity contribution in [2.45, 2.75) is 46.0 Å². The van der Waals surface area contributed by atoms with Gasteiger partial charge in [-0.2, -0.15) is 9.49 Å². The maximum atomic E-state index is 14.7. The summed E-state index contributed by atoms with van der Waals surface area (Å²) >= 11 is 0. The molecule has 0 spiro atoms. The van der Waals surface area contributed by atoms with Gasteiger partial charge in [-0.3, -0.25) is 5.10 Å². The summed E-state index contributed by atoms with van der Waals surface area (Å²) in [5.41, 5.74) is 7.76. The molecular formula is C33H34FN3O3. The van der Waals surface area contributed by atoms with Crippen LogP contribution < -0.4 is 4.74 Å². The number of aliphatic carboxylic acids is 1. The largest absolute Gasteiger partial charge is 0.481 e. The summed E-state index contributed by atoms with van der Waals surface area (Å²) in [5.74, 6) is 0.0148. The topological polar surface area (TPSA) is 88.1 Å². The SMILES string of the molecule is COc1cc(CCC(C)C)c(/C(=C(\c2ccc(/C=C/C(=O)O)cc2)c2ccc3n[nH]c(F)c3c2)C2CCC2)cn1. The first-order valence-electron chi connectivity index (χ1n) is 13.8. The molecule has 4 aromatic rings. The summed E-state index contributed by atoms with van der Waals surface area (Å²) in [6, 6.07) is 15.6. The van der Waals surface area contributed by atoms with Crippen molar-refractivity contribution in [1.82, 2.24) is 15.2 Å². The van der Waals surface area contributed by atoms with Crippen LogP contribution in [-0.4, -0.2) is 33.4 Å². The van der Waals surface area contributed by atoms with E-state index >= 15 is 0 Å². The molecule has 0 aliphatic heterocycles. The highest BCUT2D eigenvalue weighted by molar-refractivity contribution is 6.02. The van der Waals surface area contributed by atoms with Crippen LogP contribution in [0.4, 0.5) is 4.39 Å². The van der Waals surface area contributed by atoms with E-state index in [-0.39, 0.29) is 0 Å². The van der Waals surface area contributed by atoms with Gasteiger partial charge in [0.1, 0.15) is 0 Å².